The van der Waals surface area contributed by atoms with Crippen molar-refractivity contribution < 1.29 is 29.8 Å². The summed E-state index contributed by atoms with van der Waals surface area (Å²) >= 11 is 0. The van der Waals surface area contributed by atoms with Crippen LogP contribution in [0.25, 0.3) is 11.2 Å². The van der Waals surface area contributed by atoms with Crippen molar-refractivity contribution in [2.75, 3.05) is 19.0 Å². The molecule has 6 rings (SSSR count). The second-order valence-electron chi connectivity index (χ2n) is 11.4. The largest absolute Gasteiger partial charge is 0.400 e. The van der Waals surface area contributed by atoms with E-state index in [1.807, 2.05) is 6.07 Å². The van der Waals surface area contributed by atoms with Crippen molar-refractivity contribution >= 4 is 31.4 Å². The van der Waals surface area contributed by atoms with Crippen LogP contribution in [-0.4, -0.2) is 85.8 Å². The molecule has 14 heteroatoms. The lowest BCUT2D eigenvalue weighted by Gasteiger charge is -2.39. The number of hydrogen-bond donors (Lipinski definition) is 2. The van der Waals surface area contributed by atoms with Crippen molar-refractivity contribution in [1.82, 2.24) is 24.2 Å². The first-order valence-corrected chi connectivity index (χ1v) is 15.7. The number of hydrogen-bond acceptors (Lipinski definition) is 11. The molecule has 1 aromatic carbocycles. The molecule has 2 aromatic heterocycles. The van der Waals surface area contributed by atoms with E-state index >= 15 is 0 Å². The Morgan fingerprint density at radius 1 is 1.30 bits per heavy atom. The van der Waals surface area contributed by atoms with E-state index in [-0.39, 0.29) is 43.7 Å². The summed E-state index contributed by atoms with van der Waals surface area (Å²) < 4.78 is 44.8. The maximum atomic E-state index is 12.9. The number of nitrogens with one attached hydrogen (secondary N) is 1. The standard InChI is InChI=1S/C29H36N7O5P.CH4O/c1-18(2)36(19(3)4)42(38-15-9-14-30)41-23-22-27(40-28(23,5)29(39-22)12-13-29)35-17-33-21-24(31-16-32-25(21)35)34-26(37)20-10-7-6-8-11-20;1-2/h6-8,10-11,16-19,22-23,27H,9,12-13,15H2,1-5H3,(H,31,32,34,37);2H,1H3/t22-,23+,27-,28-,42?;/m1./s1/i5D;2T. The molecule has 236 valence electrons. The number of nitriles is 1. The van der Waals surface area contributed by atoms with E-state index in [0.717, 1.165) is 12.8 Å². The van der Waals surface area contributed by atoms with Gasteiger partial charge in [0, 0.05) is 26.1 Å². The highest BCUT2D eigenvalue weighted by atomic mass is 31.2. The van der Waals surface area contributed by atoms with Gasteiger partial charge in [-0.3, -0.25) is 9.36 Å². The molecule has 3 aliphatic rings. The van der Waals surface area contributed by atoms with Gasteiger partial charge in [-0.15, -0.1) is 0 Å². The Morgan fingerprint density at radius 3 is 2.66 bits per heavy atom. The normalized spacial score (nSPS) is 25.9. The van der Waals surface area contributed by atoms with Crippen molar-refractivity contribution in [2.24, 2.45) is 0 Å². The highest BCUT2D eigenvalue weighted by Gasteiger charge is 2.77. The van der Waals surface area contributed by atoms with E-state index in [1.54, 1.807) is 35.2 Å². The maximum Gasteiger partial charge on any atom is 0.259 e. The van der Waals surface area contributed by atoms with E-state index in [2.05, 4.69) is 63.8 Å². The highest BCUT2D eigenvalue weighted by molar-refractivity contribution is 7.44. The van der Waals surface area contributed by atoms with Gasteiger partial charge in [-0.25, -0.2) is 19.6 Å². The van der Waals surface area contributed by atoms with Crippen LogP contribution in [0, 0.1) is 11.3 Å². The molecule has 2 saturated heterocycles. The summed E-state index contributed by atoms with van der Waals surface area (Å²) in [7, 11) is -0.306. The summed E-state index contributed by atoms with van der Waals surface area (Å²) in [6.07, 6.45) is 2.94. The summed E-state index contributed by atoms with van der Waals surface area (Å²) in [5, 5.41) is 15.5. The topological polar surface area (TPSA) is 157 Å². The number of amides is 1. The number of nitrogens with zero attached hydrogens (tertiary/aromatic N) is 6. The number of aromatic nitrogens is 4. The zero-order chi connectivity index (χ0) is 33.1. The molecule has 1 unspecified atom stereocenters. The van der Waals surface area contributed by atoms with Crippen LogP contribution in [-0.2, 0) is 18.5 Å². The van der Waals surface area contributed by atoms with Crippen molar-refractivity contribution in [3.8, 4) is 6.07 Å². The Balaban J connectivity index is 0.00000134. The lowest BCUT2D eigenvalue weighted by molar-refractivity contribution is -0.216. The fourth-order valence-electron chi connectivity index (χ4n) is 5.92. The predicted octanol–water partition coefficient (Wildman–Crippen LogP) is 4.57. The average molecular weight is 629 g/mol. The van der Waals surface area contributed by atoms with Gasteiger partial charge in [0.25, 0.3) is 14.4 Å². The zero-order valence-electron chi connectivity index (χ0n) is 27.5. The third-order valence-corrected chi connectivity index (χ3v) is 10.1. The first kappa shape index (κ1) is 29.6. The maximum absolute atomic E-state index is 12.9. The number of aliphatic hydroxyl groups is 1. The molecule has 4 heterocycles. The van der Waals surface area contributed by atoms with Gasteiger partial charge >= 0.3 is 0 Å². The van der Waals surface area contributed by atoms with E-state index < -0.39 is 38.2 Å². The Bertz CT molecular complexity index is 1530. The molecule has 1 saturated carbocycles. The molecular formula is C30H40N7O6P. The molecule has 1 spiro atoms. The van der Waals surface area contributed by atoms with Crippen LogP contribution >= 0.6 is 8.53 Å². The van der Waals surface area contributed by atoms with Gasteiger partial charge in [0.05, 0.1) is 25.4 Å². The average Bonchev–Trinajstić information content (AvgIpc) is 3.46. The lowest BCUT2D eigenvalue weighted by atomic mass is 9.93. The van der Waals surface area contributed by atoms with E-state index in [0.29, 0.717) is 16.7 Å². The summed E-state index contributed by atoms with van der Waals surface area (Å²) in [4.78, 5) is 26.2. The number of carbonyl (C=O) groups is 1. The number of carbonyl (C=O) groups excluding carboxylic acids is 1. The third kappa shape index (κ3) is 5.72. The number of ether oxygens (including phenoxy) is 2. The molecule has 2 aliphatic heterocycles. The monoisotopic (exact) mass is 628 g/mol. The van der Waals surface area contributed by atoms with Crippen molar-refractivity contribution in [3.05, 3.63) is 48.5 Å². The van der Waals surface area contributed by atoms with Crippen LogP contribution in [0.4, 0.5) is 5.82 Å². The first-order valence-electron chi connectivity index (χ1n) is 15.7. The van der Waals surface area contributed by atoms with Gasteiger partial charge in [0.15, 0.2) is 23.2 Å². The number of anilines is 1. The minimum atomic E-state index is -1.60. The van der Waals surface area contributed by atoms with Gasteiger partial charge in [-0.05, 0) is 59.6 Å². The van der Waals surface area contributed by atoms with Gasteiger partial charge < -0.3 is 28.9 Å². The van der Waals surface area contributed by atoms with Crippen molar-refractivity contribution in [2.45, 2.75) is 95.6 Å². The Morgan fingerprint density at radius 2 is 2.02 bits per heavy atom. The molecule has 3 aromatic rings. The molecule has 0 radical (unpaired) electrons. The first-order chi connectivity index (χ1) is 22.2. The number of rotatable bonds is 11. The van der Waals surface area contributed by atoms with E-state index in [4.69, 9.17) is 26.6 Å². The Labute approximate surface area is 261 Å². The van der Waals surface area contributed by atoms with Crippen LogP contribution in [0.5, 0.6) is 0 Å². The highest BCUT2D eigenvalue weighted by Crippen LogP contribution is 2.67. The van der Waals surface area contributed by atoms with Crippen LogP contribution < -0.4 is 5.32 Å². The zero-order valence-corrected chi connectivity index (χ0v) is 26.4. The van der Waals surface area contributed by atoms with E-state index in [9.17, 15) is 4.79 Å². The van der Waals surface area contributed by atoms with E-state index in [1.165, 1.54) is 13.4 Å². The van der Waals surface area contributed by atoms with Crippen molar-refractivity contribution in [1.29, 1.82) is 6.69 Å². The molecule has 5 atom stereocenters. The molecule has 2 N–H and O–H groups in total. The van der Waals surface area contributed by atoms with Crippen LogP contribution in [0.15, 0.2) is 43.0 Å². The molecule has 2 bridgehead atoms. The fourth-order valence-corrected chi connectivity index (χ4v) is 7.71. The van der Waals surface area contributed by atoms with Gasteiger partial charge in [0.1, 0.15) is 29.7 Å². The smallest absolute Gasteiger partial charge is 0.259 e. The van der Waals surface area contributed by atoms with Crippen LogP contribution in [0.2, 0.25) is 0 Å². The predicted molar refractivity (Wildman–Crippen MR) is 163 cm³/mol. The number of aliphatic hydroxyl groups excluding tert-OH is 1. The second-order valence-corrected chi connectivity index (χ2v) is 12.8. The quantitative estimate of drug-likeness (QED) is 0.227. The lowest BCUT2D eigenvalue weighted by Crippen LogP contribution is -2.47. The minimum Gasteiger partial charge on any atom is -0.400 e. The molecule has 13 nitrogen and oxygen atoms in total. The summed E-state index contributed by atoms with van der Waals surface area (Å²) in [6.45, 7) is 8.51. The number of imidazole rings is 1. The summed E-state index contributed by atoms with van der Waals surface area (Å²) in [5.41, 5.74) is -0.244. The Kier molecular flexibility index (Phi) is 8.82. The second kappa shape index (κ2) is 13.1. The third-order valence-electron chi connectivity index (χ3n) is 7.97. The molecule has 1 aliphatic carbocycles. The van der Waals surface area contributed by atoms with Gasteiger partial charge in [-0.1, -0.05) is 18.2 Å². The molecule has 1 amide bonds. The minimum absolute atomic E-state index is 0.0601. The molecule has 44 heavy (non-hydrogen) atoms. The summed E-state index contributed by atoms with van der Waals surface area (Å²) in [6, 6.07) is 11.2. The summed E-state index contributed by atoms with van der Waals surface area (Å²) in [5.74, 6) is -0.0289. The van der Waals surface area contributed by atoms with Gasteiger partial charge in [0.2, 0.25) is 1.43 Å². The van der Waals surface area contributed by atoms with Crippen molar-refractivity contribution in [3.63, 3.8) is 0 Å². The number of benzene rings is 1. The number of fused-ring (bicyclic) bond motifs is 4. The molecule has 3 fully saturated rings. The van der Waals surface area contributed by atoms with Crippen LogP contribution in [0.1, 0.15) is 71.8 Å². The van der Waals surface area contributed by atoms with Gasteiger partial charge in [-0.2, -0.15) is 5.26 Å². The Hall–Kier alpha value is -3.08. The fraction of sp³-hybridized carbons (Fsp3) is 0.567. The SMILES string of the molecule is [2H]C[C@]12O[C@@H](n3cnc4c(NC(=O)c5ccccc5)ncnc43)[C@H](OC13CC3)[C@@H]2OP(OCCC#N)N(C(C)C)C(C)C.[3H]OC. The molecular weight excluding hydrogens is 585 g/mol. The van der Waals surface area contributed by atoms with Crippen LogP contribution in [0.3, 0.4) is 0 Å².